The number of carboxylic acids is 1. The molecule has 0 amide bonds. The van der Waals surface area contributed by atoms with Crippen molar-refractivity contribution in [1.82, 2.24) is 0 Å². The molecule has 0 fully saturated rings. The molecule has 6 heteroatoms. The van der Waals surface area contributed by atoms with Gasteiger partial charge in [-0.3, -0.25) is 9.59 Å². The summed E-state index contributed by atoms with van der Waals surface area (Å²) >= 11 is 0. The van der Waals surface area contributed by atoms with Gasteiger partial charge >= 0.3 is 11.9 Å². The van der Waals surface area contributed by atoms with Gasteiger partial charge < -0.3 is 19.4 Å². The Kier molecular flexibility index (Phi) is 17.8. The molecule has 0 aromatic carbocycles. The number of esters is 1. The van der Waals surface area contributed by atoms with E-state index in [9.17, 15) is 14.7 Å². The maximum Gasteiger partial charge on any atom is 0.308 e. The Morgan fingerprint density at radius 3 is 1.65 bits per heavy atom. The van der Waals surface area contributed by atoms with Gasteiger partial charge in [-0.2, -0.15) is 0 Å². The first-order valence-corrected chi connectivity index (χ1v) is 12.5. The molecule has 0 spiro atoms. The second-order valence-electron chi connectivity index (χ2n) is 10.1. The largest absolute Gasteiger partial charge is 0.481 e. The van der Waals surface area contributed by atoms with Crippen LogP contribution in [-0.4, -0.2) is 66.5 Å². The van der Waals surface area contributed by atoms with Crippen LogP contribution in [0.15, 0.2) is 0 Å². The highest BCUT2D eigenvalue weighted by Gasteiger charge is 2.25. The van der Waals surface area contributed by atoms with E-state index in [1.54, 1.807) is 0 Å². The summed E-state index contributed by atoms with van der Waals surface area (Å²) in [6, 6.07) is 0. The highest BCUT2D eigenvalue weighted by atomic mass is 16.5. The van der Waals surface area contributed by atoms with Gasteiger partial charge in [-0.25, -0.2) is 0 Å². The molecule has 2 atom stereocenters. The number of ether oxygens (including phenoxy) is 1. The van der Waals surface area contributed by atoms with Crippen LogP contribution in [-0.2, 0) is 14.3 Å². The fourth-order valence-corrected chi connectivity index (χ4v) is 3.88. The first-order valence-electron chi connectivity index (χ1n) is 12.5. The molecule has 0 aliphatic carbocycles. The maximum absolute atomic E-state index is 12.1. The number of aliphatic carboxylic acids is 1. The number of nitrogens with zero attached hydrogens (tertiary/aromatic N) is 1. The van der Waals surface area contributed by atoms with Gasteiger partial charge in [-0.1, -0.05) is 90.4 Å². The van der Waals surface area contributed by atoms with Crippen molar-refractivity contribution >= 4 is 11.9 Å². The van der Waals surface area contributed by atoms with Crippen LogP contribution in [0.1, 0.15) is 110 Å². The van der Waals surface area contributed by atoms with Gasteiger partial charge in [0.2, 0.25) is 0 Å². The second kappa shape index (κ2) is 18.4. The number of hydrogen-bond acceptors (Lipinski definition) is 4. The Morgan fingerprint density at radius 1 is 0.774 bits per heavy atom. The monoisotopic (exact) mass is 444 g/mol. The van der Waals surface area contributed by atoms with Crippen LogP contribution in [0.3, 0.4) is 0 Å². The zero-order chi connectivity index (χ0) is 23.5. The molecule has 0 bridgehead atoms. The van der Waals surface area contributed by atoms with E-state index < -0.39 is 24.1 Å². The predicted molar refractivity (Wildman–Crippen MR) is 126 cm³/mol. The summed E-state index contributed by atoms with van der Waals surface area (Å²) in [5.41, 5.74) is 0. The van der Waals surface area contributed by atoms with E-state index in [0.717, 1.165) is 12.8 Å². The number of carbonyl (C=O) groups is 2. The lowest BCUT2D eigenvalue weighted by atomic mass is 10.0. The first-order chi connectivity index (χ1) is 14.6. The smallest absolute Gasteiger partial charge is 0.308 e. The van der Waals surface area contributed by atoms with E-state index in [2.05, 4.69) is 6.92 Å². The van der Waals surface area contributed by atoms with E-state index in [4.69, 9.17) is 9.84 Å². The van der Waals surface area contributed by atoms with Crippen molar-refractivity contribution in [2.75, 3.05) is 27.7 Å². The molecular formula is C25H50NO5+. The molecule has 0 aliphatic heterocycles. The van der Waals surface area contributed by atoms with Crippen molar-refractivity contribution in [2.24, 2.45) is 0 Å². The van der Waals surface area contributed by atoms with Crippen molar-refractivity contribution in [3.05, 3.63) is 0 Å². The number of carboxylic acid groups (broad SMARTS) is 1. The van der Waals surface area contributed by atoms with Gasteiger partial charge in [0.25, 0.3) is 0 Å². The molecule has 0 rings (SSSR count). The van der Waals surface area contributed by atoms with E-state index in [0.29, 0.717) is 17.4 Å². The number of quaternary nitrogens is 1. The van der Waals surface area contributed by atoms with Gasteiger partial charge in [0.05, 0.1) is 40.1 Å². The number of carbonyl (C=O) groups excluding carboxylic acids is 1. The minimum Gasteiger partial charge on any atom is -0.481 e. The van der Waals surface area contributed by atoms with Crippen LogP contribution < -0.4 is 0 Å². The van der Waals surface area contributed by atoms with Gasteiger partial charge in [0, 0.05) is 0 Å². The topological polar surface area (TPSA) is 83.8 Å². The summed E-state index contributed by atoms with van der Waals surface area (Å²) in [5, 5.41) is 19.1. The molecule has 1 unspecified atom stereocenters. The Hall–Kier alpha value is -1.14. The number of unbranched alkanes of at least 4 members (excludes halogenated alkanes) is 12. The van der Waals surface area contributed by atoms with Crippen LogP contribution in [0.4, 0.5) is 0 Å². The Morgan fingerprint density at radius 2 is 1.23 bits per heavy atom. The number of aliphatic hydroxyl groups excluding tert-OH is 1. The SMILES string of the molecule is CCCCCCCCCCCCCCCC(O)CC(=O)O[C@H](CC(=O)O)C[N+](C)(C)C. The highest BCUT2D eigenvalue weighted by Crippen LogP contribution is 2.15. The van der Waals surface area contributed by atoms with E-state index in [-0.39, 0.29) is 12.8 Å². The molecule has 0 aromatic heterocycles. The number of aliphatic hydroxyl groups is 1. The first kappa shape index (κ1) is 29.9. The maximum atomic E-state index is 12.1. The van der Waals surface area contributed by atoms with Crippen LogP contribution in [0.5, 0.6) is 0 Å². The normalized spacial score (nSPS) is 13.7. The Balaban J connectivity index is 3.74. The summed E-state index contributed by atoms with van der Waals surface area (Å²) in [6.07, 6.45) is 15.5. The number of rotatable bonds is 21. The van der Waals surface area contributed by atoms with E-state index >= 15 is 0 Å². The Bertz CT molecular complexity index is 461. The zero-order valence-electron chi connectivity index (χ0n) is 20.7. The molecule has 6 nitrogen and oxygen atoms in total. The lowest BCUT2D eigenvalue weighted by Gasteiger charge is -2.28. The summed E-state index contributed by atoms with van der Waals surface area (Å²) in [5.74, 6) is -1.50. The molecule has 184 valence electrons. The molecule has 0 saturated heterocycles. The number of hydrogen-bond donors (Lipinski definition) is 2. The van der Waals surface area contributed by atoms with Crippen molar-refractivity contribution in [3.63, 3.8) is 0 Å². The van der Waals surface area contributed by atoms with Gasteiger partial charge in [0.15, 0.2) is 6.10 Å². The molecule has 0 heterocycles. The second-order valence-corrected chi connectivity index (χ2v) is 10.1. The highest BCUT2D eigenvalue weighted by molar-refractivity contribution is 5.71. The fourth-order valence-electron chi connectivity index (χ4n) is 3.88. The van der Waals surface area contributed by atoms with Crippen LogP contribution in [0.2, 0.25) is 0 Å². The number of likely N-dealkylation sites (N-methyl/N-ethyl adjacent to an activating group) is 1. The van der Waals surface area contributed by atoms with Crippen molar-refractivity contribution in [1.29, 1.82) is 0 Å². The average Bonchev–Trinajstić information content (AvgIpc) is 2.63. The van der Waals surface area contributed by atoms with Crippen LogP contribution in [0.25, 0.3) is 0 Å². The quantitative estimate of drug-likeness (QED) is 0.142. The molecule has 0 saturated carbocycles. The summed E-state index contributed by atoms with van der Waals surface area (Å²) in [7, 11) is 5.77. The third-order valence-electron chi connectivity index (χ3n) is 5.49. The van der Waals surface area contributed by atoms with Gasteiger partial charge in [0.1, 0.15) is 6.54 Å². The lowest BCUT2D eigenvalue weighted by Crippen LogP contribution is -2.44. The lowest BCUT2D eigenvalue weighted by molar-refractivity contribution is -0.873. The van der Waals surface area contributed by atoms with Crippen LogP contribution in [0, 0.1) is 0 Å². The molecule has 0 aromatic rings. The molecule has 2 N–H and O–H groups in total. The standard InChI is InChI=1S/C25H49NO5/c1-5-6-7-8-9-10-11-12-13-14-15-16-17-18-22(27)19-25(30)31-23(20-24(28)29)21-26(2,3)4/h22-23,27H,5-21H2,1-4H3/p+1/t22?,23-/m1/s1. The molecule has 0 aliphatic rings. The van der Waals surface area contributed by atoms with Crippen molar-refractivity contribution in [2.45, 2.75) is 122 Å². The average molecular weight is 445 g/mol. The summed E-state index contributed by atoms with van der Waals surface area (Å²) < 4.78 is 5.84. The van der Waals surface area contributed by atoms with Crippen molar-refractivity contribution < 1.29 is 29.0 Å². The predicted octanol–water partition coefficient (Wildman–Crippen LogP) is 5.31. The van der Waals surface area contributed by atoms with E-state index in [1.165, 1.54) is 70.6 Å². The van der Waals surface area contributed by atoms with Crippen molar-refractivity contribution in [3.8, 4) is 0 Å². The zero-order valence-corrected chi connectivity index (χ0v) is 20.7. The van der Waals surface area contributed by atoms with E-state index in [1.807, 2.05) is 21.1 Å². The third kappa shape index (κ3) is 21.9. The van der Waals surface area contributed by atoms with Gasteiger partial charge in [-0.05, 0) is 6.42 Å². The summed E-state index contributed by atoms with van der Waals surface area (Å²) in [4.78, 5) is 23.1. The minimum absolute atomic E-state index is 0.0640. The molecule has 0 radical (unpaired) electrons. The summed E-state index contributed by atoms with van der Waals surface area (Å²) in [6.45, 7) is 2.68. The molecule has 31 heavy (non-hydrogen) atoms. The fraction of sp³-hybridized carbons (Fsp3) is 0.920. The third-order valence-corrected chi connectivity index (χ3v) is 5.49. The minimum atomic E-state index is -0.987. The Labute approximate surface area is 190 Å². The van der Waals surface area contributed by atoms with Crippen LogP contribution >= 0.6 is 0 Å². The van der Waals surface area contributed by atoms with Gasteiger partial charge in [-0.15, -0.1) is 0 Å². The molecular weight excluding hydrogens is 394 g/mol.